The average Bonchev–Trinajstić information content (AvgIpc) is 2.87. The first-order valence-electron chi connectivity index (χ1n) is 6.69. The Morgan fingerprint density at radius 3 is 2.95 bits per heavy atom. The normalized spacial score (nSPS) is 12.6. The van der Waals surface area contributed by atoms with Crippen molar-refractivity contribution >= 4 is 0 Å². The Balaban J connectivity index is 1.82. The van der Waals surface area contributed by atoms with Crippen molar-refractivity contribution in [2.45, 2.75) is 32.9 Å². The molecule has 1 atom stereocenters. The van der Waals surface area contributed by atoms with E-state index >= 15 is 0 Å². The van der Waals surface area contributed by atoms with Gasteiger partial charge in [0.1, 0.15) is 5.82 Å². The maximum absolute atomic E-state index is 13.0. The molecule has 0 aliphatic heterocycles. The van der Waals surface area contributed by atoms with E-state index in [2.05, 4.69) is 30.5 Å². The Morgan fingerprint density at radius 2 is 2.26 bits per heavy atom. The van der Waals surface area contributed by atoms with E-state index < -0.39 is 0 Å². The molecule has 19 heavy (non-hydrogen) atoms. The van der Waals surface area contributed by atoms with E-state index in [9.17, 15) is 4.39 Å². The maximum Gasteiger partial charge on any atom is 0.123 e. The van der Waals surface area contributed by atoms with Crippen LogP contribution in [0.15, 0.2) is 36.7 Å². The third-order valence-electron chi connectivity index (χ3n) is 3.23. The van der Waals surface area contributed by atoms with Gasteiger partial charge in [0, 0.05) is 24.3 Å². The number of aryl methyl sites for hydroxylation is 1. The van der Waals surface area contributed by atoms with Crippen molar-refractivity contribution < 1.29 is 4.39 Å². The van der Waals surface area contributed by atoms with E-state index in [1.54, 1.807) is 12.1 Å². The number of benzene rings is 1. The minimum absolute atomic E-state index is 0.172. The van der Waals surface area contributed by atoms with Gasteiger partial charge in [-0.15, -0.1) is 0 Å². The van der Waals surface area contributed by atoms with Gasteiger partial charge in [0.15, 0.2) is 0 Å². The summed E-state index contributed by atoms with van der Waals surface area (Å²) >= 11 is 0. The van der Waals surface area contributed by atoms with E-state index in [-0.39, 0.29) is 11.9 Å². The van der Waals surface area contributed by atoms with Gasteiger partial charge in [-0.1, -0.05) is 12.1 Å². The van der Waals surface area contributed by atoms with Gasteiger partial charge < -0.3 is 5.32 Å². The average molecular weight is 261 g/mol. The number of hydrogen-bond acceptors (Lipinski definition) is 2. The maximum atomic E-state index is 13.0. The summed E-state index contributed by atoms with van der Waals surface area (Å²) in [5, 5.41) is 7.69. The fourth-order valence-electron chi connectivity index (χ4n) is 2.02. The van der Waals surface area contributed by atoms with E-state index in [4.69, 9.17) is 0 Å². The molecule has 3 nitrogen and oxygen atoms in total. The van der Waals surface area contributed by atoms with Crippen molar-refractivity contribution in [1.82, 2.24) is 15.1 Å². The first-order chi connectivity index (χ1) is 9.19. The molecule has 2 aromatic rings. The number of rotatable bonds is 6. The highest BCUT2D eigenvalue weighted by atomic mass is 19.1. The second-order valence-corrected chi connectivity index (χ2v) is 4.69. The smallest absolute Gasteiger partial charge is 0.123 e. The highest BCUT2D eigenvalue weighted by Gasteiger charge is 2.06. The van der Waals surface area contributed by atoms with Crippen molar-refractivity contribution in [3.05, 3.63) is 53.6 Å². The molecule has 0 amide bonds. The summed E-state index contributed by atoms with van der Waals surface area (Å²) < 4.78 is 14.9. The first-order valence-corrected chi connectivity index (χ1v) is 6.69. The van der Waals surface area contributed by atoms with Crippen LogP contribution in [0, 0.1) is 5.82 Å². The first kappa shape index (κ1) is 13.7. The molecule has 0 spiro atoms. The molecule has 1 heterocycles. The topological polar surface area (TPSA) is 29.9 Å². The molecular formula is C15H20FN3. The van der Waals surface area contributed by atoms with Crippen molar-refractivity contribution in [2.75, 3.05) is 6.54 Å². The van der Waals surface area contributed by atoms with Crippen molar-refractivity contribution in [3.8, 4) is 0 Å². The molecule has 1 unspecified atom stereocenters. The number of aromatic nitrogens is 2. The van der Waals surface area contributed by atoms with Crippen LogP contribution in [0.4, 0.5) is 4.39 Å². The van der Waals surface area contributed by atoms with Crippen molar-refractivity contribution in [1.29, 1.82) is 0 Å². The van der Waals surface area contributed by atoms with Crippen LogP contribution in [0.1, 0.15) is 31.0 Å². The van der Waals surface area contributed by atoms with E-state index in [0.29, 0.717) is 0 Å². The number of nitrogens with zero attached hydrogens (tertiary/aromatic N) is 2. The fourth-order valence-corrected chi connectivity index (χ4v) is 2.02. The molecule has 0 aliphatic rings. The molecule has 4 heteroatoms. The molecule has 1 aromatic carbocycles. The van der Waals surface area contributed by atoms with Crippen LogP contribution in [0.5, 0.6) is 0 Å². The lowest BCUT2D eigenvalue weighted by molar-refractivity contribution is 0.573. The summed E-state index contributed by atoms with van der Waals surface area (Å²) in [4.78, 5) is 0. The van der Waals surface area contributed by atoms with Crippen molar-refractivity contribution in [3.63, 3.8) is 0 Å². The summed E-state index contributed by atoms with van der Waals surface area (Å²) in [6.45, 7) is 5.89. The lowest BCUT2D eigenvalue weighted by atomic mass is 10.1. The minimum atomic E-state index is -0.172. The number of halogens is 1. The Hall–Kier alpha value is -1.68. The third kappa shape index (κ3) is 3.89. The second kappa shape index (κ2) is 6.48. The van der Waals surface area contributed by atoms with Gasteiger partial charge in [-0.05, 0) is 44.5 Å². The number of nitrogens with one attached hydrogen (secondary N) is 1. The fraction of sp³-hybridized carbons (Fsp3) is 0.400. The number of hydrogen-bond donors (Lipinski definition) is 1. The van der Waals surface area contributed by atoms with Crippen LogP contribution < -0.4 is 5.32 Å². The third-order valence-corrected chi connectivity index (χ3v) is 3.23. The Labute approximate surface area is 113 Å². The molecule has 102 valence electrons. The van der Waals surface area contributed by atoms with Gasteiger partial charge in [-0.25, -0.2) is 4.39 Å². The predicted octanol–water partition coefficient (Wildman–Crippen LogP) is 2.94. The molecule has 0 saturated carbocycles. The van der Waals surface area contributed by atoms with Gasteiger partial charge in [0.05, 0.1) is 6.20 Å². The minimum Gasteiger partial charge on any atom is -0.310 e. The van der Waals surface area contributed by atoms with Gasteiger partial charge in [-0.2, -0.15) is 5.10 Å². The lowest BCUT2D eigenvalue weighted by Crippen LogP contribution is -2.21. The zero-order chi connectivity index (χ0) is 13.7. The zero-order valence-electron chi connectivity index (χ0n) is 11.4. The molecular weight excluding hydrogens is 241 g/mol. The highest BCUT2D eigenvalue weighted by molar-refractivity contribution is 5.16. The van der Waals surface area contributed by atoms with Crippen LogP contribution >= 0.6 is 0 Å². The zero-order valence-corrected chi connectivity index (χ0v) is 11.4. The molecule has 0 radical (unpaired) electrons. The summed E-state index contributed by atoms with van der Waals surface area (Å²) in [7, 11) is 0. The predicted molar refractivity (Wildman–Crippen MR) is 74.4 cm³/mol. The molecule has 2 rings (SSSR count). The molecule has 0 fully saturated rings. The standard InChI is InChI=1S/C15H20FN3/c1-3-19-11-14(10-18-19)12(2)17-8-7-13-5-4-6-15(16)9-13/h4-6,9-12,17H,3,7-8H2,1-2H3. The second-order valence-electron chi connectivity index (χ2n) is 4.69. The summed E-state index contributed by atoms with van der Waals surface area (Å²) in [5.41, 5.74) is 2.20. The largest absolute Gasteiger partial charge is 0.310 e. The quantitative estimate of drug-likeness (QED) is 0.866. The van der Waals surface area contributed by atoms with Crippen LogP contribution in [0.2, 0.25) is 0 Å². The van der Waals surface area contributed by atoms with Gasteiger partial charge in [0.2, 0.25) is 0 Å². The van der Waals surface area contributed by atoms with Gasteiger partial charge in [0.25, 0.3) is 0 Å². The molecule has 0 bridgehead atoms. The molecule has 1 aromatic heterocycles. The van der Waals surface area contributed by atoms with Gasteiger partial charge in [-0.3, -0.25) is 4.68 Å². The van der Waals surface area contributed by atoms with Gasteiger partial charge >= 0.3 is 0 Å². The SMILES string of the molecule is CCn1cc(C(C)NCCc2cccc(F)c2)cn1. The highest BCUT2D eigenvalue weighted by Crippen LogP contribution is 2.11. The Kier molecular flexibility index (Phi) is 4.68. The summed E-state index contributed by atoms with van der Waals surface area (Å²) in [6.07, 6.45) is 4.77. The molecule has 1 N–H and O–H groups in total. The Bertz CT molecular complexity index is 522. The molecule has 0 aliphatic carbocycles. The Morgan fingerprint density at radius 1 is 1.42 bits per heavy atom. The van der Waals surface area contributed by atoms with Crippen LogP contribution in [0.25, 0.3) is 0 Å². The monoisotopic (exact) mass is 261 g/mol. The molecule has 0 saturated heterocycles. The summed E-state index contributed by atoms with van der Waals surface area (Å²) in [6, 6.07) is 7.01. The van der Waals surface area contributed by atoms with E-state index in [1.807, 2.05) is 16.9 Å². The van der Waals surface area contributed by atoms with Crippen LogP contribution in [-0.2, 0) is 13.0 Å². The van der Waals surface area contributed by atoms with Crippen LogP contribution in [-0.4, -0.2) is 16.3 Å². The van der Waals surface area contributed by atoms with Crippen molar-refractivity contribution in [2.24, 2.45) is 0 Å². The van der Waals surface area contributed by atoms with E-state index in [0.717, 1.165) is 25.1 Å². The summed E-state index contributed by atoms with van der Waals surface area (Å²) in [5.74, 6) is -0.172. The van der Waals surface area contributed by atoms with E-state index in [1.165, 1.54) is 11.6 Å². The lowest BCUT2D eigenvalue weighted by Gasteiger charge is -2.11. The van der Waals surface area contributed by atoms with Crippen LogP contribution in [0.3, 0.4) is 0 Å².